The second-order valence-electron chi connectivity index (χ2n) is 5.01. The second-order valence-corrected chi connectivity index (χ2v) is 5.01. The summed E-state index contributed by atoms with van der Waals surface area (Å²) in [5.41, 5.74) is 2.96. The van der Waals surface area contributed by atoms with E-state index in [4.69, 9.17) is 4.74 Å². The third-order valence-electron chi connectivity index (χ3n) is 3.82. The van der Waals surface area contributed by atoms with Crippen molar-refractivity contribution in [2.75, 3.05) is 6.61 Å². The molecular weight excluding hydrogens is 228 g/mol. The molecule has 0 spiro atoms. The predicted molar refractivity (Wildman–Crippen MR) is 69.7 cm³/mol. The Bertz CT molecular complexity index is 583. The van der Waals surface area contributed by atoms with Crippen LogP contribution >= 0.6 is 0 Å². The molecule has 1 saturated heterocycles. The lowest BCUT2D eigenvalue weighted by atomic mass is 10.1. The molecule has 2 aromatic rings. The van der Waals surface area contributed by atoms with E-state index in [0.717, 1.165) is 41.5 Å². The summed E-state index contributed by atoms with van der Waals surface area (Å²) >= 11 is 0. The number of phenolic OH excluding ortho intramolecular Hbond substituents is 1. The van der Waals surface area contributed by atoms with Gasteiger partial charge in [0.05, 0.1) is 17.1 Å². The van der Waals surface area contributed by atoms with Crippen molar-refractivity contribution in [3.05, 3.63) is 23.4 Å². The Hall–Kier alpha value is -1.55. The summed E-state index contributed by atoms with van der Waals surface area (Å²) in [5, 5.41) is 15.4. The first-order chi connectivity index (χ1) is 8.68. The van der Waals surface area contributed by atoms with E-state index in [1.165, 1.54) is 6.42 Å². The lowest BCUT2D eigenvalue weighted by molar-refractivity contribution is -0.0366. The minimum absolute atomic E-state index is 0.0118. The highest BCUT2D eigenvalue weighted by molar-refractivity contribution is 5.87. The fourth-order valence-electron chi connectivity index (χ4n) is 2.55. The quantitative estimate of drug-likeness (QED) is 0.841. The number of rotatable bonds is 1. The molecule has 1 N–H and O–H groups in total. The molecule has 4 nitrogen and oxygen atoms in total. The topological polar surface area (TPSA) is 47.3 Å². The normalized spacial score (nSPS) is 20.4. The number of aryl methyl sites for hydroxylation is 1. The number of aromatic hydroxyl groups is 1. The van der Waals surface area contributed by atoms with E-state index in [9.17, 15) is 5.11 Å². The molecule has 0 radical (unpaired) electrons. The summed E-state index contributed by atoms with van der Waals surface area (Å²) in [7, 11) is 0. The first kappa shape index (κ1) is 11.5. The van der Waals surface area contributed by atoms with Gasteiger partial charge in [-0.25, -0.2) is 4.68 Å². The zero-order valence-corrected chi connectivity index (χ0v) is 10.8. The minimum Gasteiger partial charge on any atom is -0.507 e. The molecule has 1 aromatic carbocycles. The largest absolute Gasteiger partial charge is 0.507 e. The molecule has 1 aliphatic rings. The first-order valence-electron chi connectivity index (χ1n) is 6.46. The third kappa shape index (κ3) is 1.68. The zero-order valence-electron chi connectivity index (χ0n) is 10.8. The van der Waals surface area contributed by atoms with Gasteiger partial charge in [-0.15, -0.1) is 0 Å². The summed E-state index contributed by atoms with van der Waals surface area (Å²) in [6.45, 7) is 4.73. The lowest BCUT2D eigenvalue weighted by Crippen LogP contribution is -2.18. The number of aromatic nitrogens is 2. The fraction of sp³-hybridized carbons (Fsp3) is 0.500. The van der Waals surface area contributed by atoms with Crippen LogP contribution in [0.15, 0.2) is 12.3 Å². The molecular formula is C14H18N2O2. The zero-order chi connectivity index (χ0) is 12.7. The van der Waals surface area contributed by atoms with Gasteiger partial charge in [-0.05, 0) is 50.3 Å². The van der Waals surface area contributed by atoms with Gasteiger partial charge >= 0.3 is 0 Å². The van der Waals surface area contributed by atoms with Crippen LogP contribution in [0.1, 0.15) is 36.6 Å². The van der Waals surface area contributed by atoms with Crippen molar-refractivity contribution in [2.24, 2.45) is 0 Å². The number of phenols is 1. The number of benzene rings is 1. The van der Waals surface area contributed by atoms with E-state index in [1.54, 1.807) is 6.20 Å². The van der Waals surface area contributed by atoms with Crippen LogP contribution in [-0.2, 0) is 4.74 Å². The Kier molecular flexibility index (Phi) is 2.74. The molecule has 0 saturated carbocycles. The monoisotopic (exact) mass is 246 g/mol. The number of fused-ring (bicyclic) bond motifs is 1. The van der Waals surface area contributed by atoms with Crippen LogP contribution in [0.4, 0.5) is 0 Å². The van der Waals surface area contributed by atoms with Gasteiger partial charge in [0.15, 0.2) is 6.23 Å². The van der Waals surface area contributed by atoms with Gasteiger partial charge in [0.1, 0.15) is 5.75 Å². The van der Waals surface area contributed by atoms with Gasteiger partial charge in [-0.1, -0.05) is 0 Å². The molecule has 1 atom stereocenters. The van der Waals surface area contributed by atoms with Crippen molar-refractivity contribution in [1.82, 2.24) is 9.78 Å². The van der Waals surface area contributed by atoms with Crippen LogP contribution in [0.5, 0.6) is 5.75 Å². The van der Waals surface area contributed by atoms with Crippen LogP contribution in [-0.4, -0.2) is 21.5 Å². The molecule has 1 fully saturated rings. The average molecular weight is 246 g/mol. The van der Waals surface area contributed by atoms with E-state index in [-0.39, 0.29) is 6.23 Å². The van der Waals surface area contributed by atoms with Crippen LogP contribution in [0.3, 0.4) is 0 Å². The summed E-state index contributed by atoms with van der Waals surface area (Å²) < 4.78 is 7.66. The van der Waals surface area contributed by atoms with Crippen molar-refractivity contribution in [3.8, 4) is 5.75 Å². The molecule has 1 aromatic heterocycles. The van der Waals surface area contributed by atoms with Gasteiger partial charge in [0, 0.05) is 6.61 Å². The van der Waals surface area contributed by atoms with E-state index in [2.05, 4.69) is 11.2 Å². The van der Waals surface area contributed by atoms with Crippen LogP contribution in [0, 0.1) is 13.8 Å². The maximum atomic E-state index is 10.2. The second kappa shape index (κ2) is 4.28. The Morgan fingerprint density at radius 1 is 1.39 bits per heavy atom. The maximum absolute atomic E-state index is 10.2. The summed E-state index contributed by atoms with van der Waals surface area (Å²) in [5.74, 6) is 0.340. The summed E-state index contributed by atoms with van der Waals surface area (Å²) in [4.78, 5) is 0. The van der Waals surface area contributed by atoms with Gasteiger partial charge in [0.25, 0.3) is 0 Å². The predicted octanol–water partition coefficient (Wildman–Crippen LogP) is 3.06. The Balaban J connectivity index is 2.13. The smallest absolute Gasteiger partial charge is 0.150 e. The number of hydrogen-bond acceptors (Lipinski definition) is 3. The molecule has 18 heavy (non-hydrogen) atoms. The van der Waals surface area contributed by atoms with Crippen molar-refractivity contribution >= 4 is 10.9 Å². The molecule has 1 unspecified atom stereocenters. The van der Waals surface area contributed by atoms with E-state index in [0.29, 0.717) is 5.75 Å². The van der Waals surface area contributed by atoms with Crippen LogP contribution in [0.2, 0.25) is 0 Å². The average Bonchev–Trinajstić information content (AvgIpc) is 2.81. The molecule has 0 bridgehead atoms. The highest BCUT2D eigenvalue weighted by Gasteiger charge is 2.20. The molecule has 3 rings (SSSR count). The number of nitrogens with zero attached hydrogens (tertiary/aromatic N) is 2. The molecule has 0 aliphatic carbocycles. The Morgan fingerprint density at radius 3 is 2.94 bits per heavy atom. The van der Waals surface area contributed by atoms with Crippen LogP contribution < -0.4 is 0 Å². The van der Waals surface area contributed by atoms with E-state index >= 15 is 0 Å². The van der Waals surface area contributed by atoms with Gasteiger partial charge < -0.3 is 9.84 Å². The highest BCUT2D eigenvalue weighted by Crippen LogP contribution is 2.33. The van der Waals surface area contributed by atoms with Crippen molar-refractivity contribution in [3.63, 3.8) is 0 Å². The summed E-state index contributed by atoms with van der Waals surface area (Å²) in [6, 6.07) is 2.08. The molecule has 4 heteroatoms. The molecule has 96 valence electrons. The Labute approximate surface area is 106 Å². The molecule has 0 amide bonds. The van der Waals surface area contributed by atoms with E-state index < -0.39 is 0 Å². The van der Waals surface area contributed by atoms with Crippen LogP contribution in [0.25, 0.3) is 10.9 Å². The standard InChI is InChI=1S/C14H18N2O2/c1-9-7-12-11(14(17)10(9)2)8-15-16(12)13-5-3-4-6-18-13/h7-8,13,17H,3-6H2,1-2H3. The number of ether oxygens (including phenoxy) is 1. The fourth-order valence-corrected chi connectivity index (χ4v) is 2.55. The van der Waals surface area contributed by atoms with Crippen molar-refractivity contribution in [1.29, 1.82) is 0 Å². The van der Waals surface area contributed by atoms with Gasteiger partial charge in [-0.3, -0.25) is 0 Å². The first-order valence-corrected chi connectivity index (χ1v) is 6.46. The van der Waals surface area contributed by atoms with Gasteiger partial charge in [-0.2, -0.15) is 5.10 Å². The minimum atomic E-state index is 0.0118. The van der Waals surface area contributed by atoms with Crippen molar-refractivity contribution < 1.29 is 9.84 Å². The maximum Gasteiger partial charge on any atom is 0.150 e. The van der Waals surface area contributed by atoms with Gasteiger partial charge in [0.2, 0.25) is 0 Å². The highest BCUT2D eigenvalue weighted by atomic mass is 16.5. The summed E-state index contributed by atoms with van der Waals surface area (Å²) in [6.07, 6.45) is 5.03. The number of hydrogen-bond donors (Lipinski definition) is 1. The SMILES string of the molecule is Cc1cc2c(cnn2C2CCCCO2)c(O)c1C. The third-order valence-corrected chi connectivity index (χ3v) is 3.82. The lowest BCUT2D eigenvalue weighted by Gasteiger charge is -2.23. The molecule has 2 heterocycles. The van der Waals surface area contributed by atoms with E-state index in [1.807, 2.05) is 18.5 Å². The Morgan fingerprint density at radius 2 is 2.22 bits per heavy atom. The molecule has 1 aliphatic heterocycles. The van der Waals surface area contributed by atoms with Crippen molar-refractivity contribution in [2.45, 2.75) is 39.3 Å².